The number of rotatable bonds is 4. The molecule has 25 heavy (non-hydrogen) atoms. The van der Waals surface area contributed by atoms with Crippen LogP contribution < -0.4 is 10.1 Å². The van der Waals surface area contributed by atoms with Crippen molar-refractivity contribution in [2.45, 2.75) is 6.42 Å². The number of carbonyl (C=O) groups excluding carboxylic acids is 1. The van der Waals surface area contributed by atoms with E-state index in [4.69, 9.17) is 9.47 Å². The first-order valence-electron chi connectivity index (χ1n) is 8.27. The molecule has 2 aromatic carbocycles. The Kier molecular flexibility index (Phi) is 4.11. The van der Waals surface area contributed by atoms with Crippen LogP contribution in [0.15, 0.2) is 48.5 Å². The van der Waals surface area contributed by atoms with Crippen LogP contribution in [-0.2, 0) is 9.53 Å². The van der Waals surface area contributed by atoms with Gasteiger partial charge in [-0.05, 0) is 30.7 Å². The van der Waals surface area contributed by atoms with Crippen LogP contribution in [-0.4, -0.2) is 35.8 Å². The van der Waals surface area contributed by atoms with Crippen LogP contribution in [0.25, 0.3) is 16.7 Å². The van der Waals surface area contributed by atoms with Crippen molar-refractivity contribution < 1.29 is 14.3 Å². The predicted octanol–water partition coefficient (Wildman–Crippen LogP) is 3.01. The maximum Gasteiger partial charge on any atom is 0.232 e. The highest BCUT2D eigenvalue weighted by atomic mass is 16.5. The Morgan fingerprint density at radius 2 is 2.16 bits per heavy atom. The summed E-state index contributed by atoms with van der Waals surface area (Å²) in [5.74, 6) is 1.07. The van der Waals surface area contributed by atoms with E-state index in [1.807, 2.05) is 53.1 Å². The number of aromatic nitrogens is 2. The van der Waals surface area contributed by atoms with E-state index in [2.05, 4.69) is 10.3 Å². The SMILES string of the molecule is COc1cccc(-n2c(NC(=O)[C@@H]3CCOC3)nc3ccccc32)c1. The molecule has 0 saturated carbocycles. The van der Waals surface area contributed by atoms with Crippen LogP contribution in [0.4, 0.5) is 5.95 Å². The number of hydrogen-bond acceptors (Lipinski definition) is 4. The monoisotopic (exact) mass is 337 g/mol. The zero-order chi connectivity index (χ0) is 17.2. The molecule has 1 fully saturated rings. The zero-order valence-corrected chi connectivity index (χ0v) is 13.9. The lowest BCUT2D eigenvalue weighted by Crippen LogP contribution is -2.24. The van der Waals surface area contributed by atoms with E-state index in [1.165, 1.54) is 0 Å². The normalized spacial score (nSPS) is 16.9. The third-order valence-corrected chi connectivity index (χ3v) is 4.41. The van der Waals surface area contributed by atoms with Gasteiger partial charge in [-0.1, -0.05) is 18.2 Å². The number of imidazole rings is 1. The molecule has 4 rings (SSSR count). The molecule has 0 radical (unpaired) electrons. The number of benzene rings is 2. The van der Waals surface area contributed by atoms with Gasteiger partial charge in [0, 0.05) is 12.7 Å². The van der Waals surface area contributed by atoms with Gasteiger partial charge in [-0.3, -0.25) is 14.7 Å². The Labute approximate surface area is 145 Å². The predicted molar refractivity (Wildman–Crippen MR) is 95.2 cm³/mol. The quantitative estimate of drug-likeness (QED) is 0.795. The van der Waals surface area contributed by atoms with Crippen molar-refractivity contribution in [3.05, 3.63) is 48.5 Å². The molecule has 0 spiro atoms. The van der Waals surface area contributed by atoms with Crippen molar-refractivity contribution >= 4 is 22.9 Å². The van der Waals surface area contributed by atoms with E-state index in [9.17, 15) is 4.79 Å². The highest BCUT2D eigenvalue weighted by Crippen LogP contribution is 2.27. The Balaban J connectivity index is 1.79. The van der Waals surface area contributed by atoms with Crippen molar-refractivity contribution in [3.63, 3.8) is 0 Å². The Morgan fingerprint density at radius 3 is 2.96 bits per heavy atom. The van der Waals surface area contributed by atoms with E-state index in [-0.39, 0.29) is 11.8 Å². The van der Waals surface area contributed by atoms with E-state index < -0.39 is 0 Å². The molecule has 1 aliphatic heterocycles. The summed E-state index contributed by atoms with van der Waals surface area (Å²) in [6, 6.07) is 15.5. The second kappa shape index (κ2) is 6.57. The Bertz CT molecular complexity index is 913. The number of fused-ring (bicyclic) bond motifs is 1. The summed E-state index contributed by atoms with van der Waals surface area (Å²) in [5, 5.41) is 2.97. The number of ether oxygens (including phenoxy) is 2. The fourth-order valence-electron chi connectivity index (χ4n) is 3.07. The molecule has 6 heteroatoms. The van der Waals surface area contributed by atoms with Crippen molar-refractivity contribution in [1.82, 2.24) is 9.55 Å². The standard InChI is InChI=1S/C19H19N3O3/c1-24-15-6-4-5-14(11-15)22-17-8-3-2-7-16(17)20-19(22)21-18(23)13-9-10-25-12-13/h2-8,11,13H,9-10,12H2,1H3,(H,20,21,23)/t13-/m1/s1. The summed E-state index contributed by atoms with van der Waals surface area (Å²) in [7, 11) is 1.63. The molecule has 3 aromatic rings. The summed E-state index contributed by atoms with van der Waals surface area (Å²) in [6.07, 6.45) is 0.741. The van der Waals surface area contributed by atoms with Crippen molar-refractivity contribution in [2.75, 3.05) is 25.6 Å². The number of methoxy groups -OCH3 is 1. The summed E-state index contributed by atoms with van der Waals surface area (Å²) in [4.78, 5) is 17.1. The fourth-order valence-corrected chi connectivity index (χ4v) is 3.07. The average molecular weight is 337 g/mol. The molecule has 6 nitrogen and oxygen atoms in total. The number of carbonyl (C=O) groups is 1. The second-order valence-corrected chi connectivity index (χ2v) is 6.01. The largest absolute Gasteiger partial charge is 0.497 e. The minimum Gasteiger partial charge on any atom is -0.497 e. The van der Waals surface area contributed by atoms with Crippen molar-refractivity contribution in [2.24, 2.45) is 5.92 Å². The van der Waals surface area contributed by atoms with Gasteiger partial charge in [0.15, 0.2) is 0 Å². The van der Waals surface area contributed by atoms with Crippen LogP contribution in [0.3, 0.4) is 0 Å². The smallest absolute Gasteiger partial charge is 0.232 e. The van der Waals surface area contributed by atoms with Crippen LogP contribution in [0.1, 0.15) is 6.42 Å². The van der Waals surface area contributed by atoms with Gasteiger partial charge >= 0.3 is 0 Å². The van der Waals surface area contributed by atoms with E-state index in [1.54, 1.807) is 7.11 Å². The second-order valence-electron chi connectivity index (χ2n) is 6.01. The van der Waals surface area contributed by atoms with Crippen LogP contribution >= 0.6 is 0 Å². The topological polar surface area (TPSA) is 65.4 Å². The molecule has 1 N–H and O–H groups in total. The van der Waals surface area contributed by atoms with Crippen molar-refractivity contribution in [1.29, 1.82) is 0 Å². The minimum atomic E-state index is -0.126. The first kappa shape index (κ1) is 15.7. The zero-order valence-electron chi connectivity index (χ0n) is 13.9. The van der Waals surface area contributed by atoms with E-state index >= 15 is 0 Å². The maximum absolute atomic E-state index is 12.5. The average Bonchev–Trinajstić information content (AvgIpc) is 3.29. The number of amides is 1. The number of para-hydroxylation sites is 2. The lowest BCUT2D eigenvalue weighted by molar-refractivity contribution is -0.119. The lowest BCUT2D eigenvalue weighted by Gasteiger charge is -2.13. The Morgan fingerprint density at radius 1 is 1.28 bits per heavy atom. The Hall–Kier alpha value is -2.86. The van der Waals surface area contributed by atoms with Gasteiger partial charge in [-0.15, -0.1) is 0 Å². The highest BCUT2D eigenvalue weighted by Gasteiger charge is 2.25. The van der Waals surface area contributed by atoms with Gasteiger partial charge in [0.1, 0.15) is 5.75 Å². The van der Waals surface area contributed by atoms with Crippen LogP contribution in [0.5, 0.6) is 5.75 Å². The third-order valence-electron chi connectivity index (χ3n) is 4.41. The van der Waals surface area contributed by atoms with E-state index in [0.717, 1.165) is 28.9 Å². The number of nitrogens with zero attached hydrogens (tertiary/aromatic N) is 2. The molecular formula is C19H19N3O3. The minimum absolute atomic E-state index is 0.0584. The van der Waals surface area contributed by atoms with Gasteiger partial charge < -0.3 is 9.47 Å². The molecule has 1 amide bonds. The first-order chi connectivity index (χ1) is 12.3. The number of anilines is 1. The van der Waals surface area contributed by atoms with Gasteiger partial charge in [-0.25, -0.2) is 4.98 Å². The lowest BCUT2D eigenvalue weighted by atomic mass is 10.1. The molecule has 1 aliphatic rings. The summed E-state index contributed by atoms with van der Waals surface area (Å²) >= 11 is 0. The number of hydrogen-bond donors (Lipinski definition) is 1. The molecule has 0 unspecified atom stereocenters. The first-order valence-corrected chi connectivity index (χ1v) is 8.27. The maximum atomic E-state index is 12.5. The molecule has 1 saturated heterocycles. The molecule has 128 valence electrons. The highest BCUT2D eigenvalue weighted by molar-refractivity contribution is 5.94. The molecule has 0 bridgehead atoms. The molecular weight excluding hydrogens is 318 g/mol. The number of nitrogens with one attached hydrogen (secondary N) is 1. The molecule has 0 aliphatic carbocycles. The van der Waals surface area contributed by atoms with Gasteiger partial charge in [-0.2, -0.15) is 0 Å². The van der Waals surface area contributed by atoms with Gasteiger partial charge in [0.2, 0.25) is 11.9 Å². The van der Waals surface area contributed by atoms with Crippen LogP contribution in [0, 0.1) is 5.92 Å². The van der Waals surface area contributed by atoms with Crippen molar-refractivity contribution in [3.8, 4) is 11.4 Å². The molecule has 2 heterocycles. The van der Waals surface area contributed by atoms with Gasteiger partial charge in [0.05, 0.1) is 36.4 Å². The summed E-state index contributed by atoms with van der Waals surface area (Å²) in [6.45, 7) is 1.09. The summed E-state index contributed by atoms with van der Waals surface area (Å²) < 4.78 is 12.6. The molecule has 1 aromatic heterocycles. The summed E-state index contributed by atoms with van der Waals surface area (Å²) in [5.41, 5.74) is 2.63. The fraction of sp³-hybridized carbons (Fsp3) is 0.263. The van der Waals surface area contributed by atoms with E-state index in [0.29, 0.717) is 19.2 Å². The third kappa shape index (κ3) is 2.96. The van der Waals surface area contributed by atoms with Gasteiger partial charge in [0.25, 0.3) is 0 Å². The molecule has 1 atom stereocenters. The van der Waals surface area contributed by atoms with Crippen LogP contribution in [0.2, 0.25) is 0 Å².